The van der Waals surface area contributed by atoms with E-state index in [-0.39, 0.29) is 10.8 Å². The van der Waals surface area contributed by atoms with Crippen molar-refractivity contribution in [2.24, 2.45) is 5.92 Å². The summed E-state index contributed by atoms with van der Waals surface area (Å²) in [5.41, 5.74) is 0. The molecule has 0 unspecified atom stereocenters. The van der Waals surface area contributed by atoms with E-state index in [1.54, 1.807) is 0 Å². The smallest absolute Gasteiger partial charge is 0.240 e. The second-order valence-electron chi connectivity index (χ2n) is 4.15. The van der Waals surface area contributed by atoms with E-state index < -0.39 is 10.0 Å². The van der Waals surface area contributed by atoms with Gasteiger partial charge in [0, 0.05) is 25.4 Å². The van der Waals surface area contributed by atoms with Gasteiger partial charge in [-0.3, -0.25) is 0 Å². The van der Waals surface area contributed by atoms with Crippen molar-refractivity contribution in [3.63, 3.8) is 0 Å². The lowest BCUT2D eigenvalue weighted by atomic mass is 10.2. The molecule has 0 aliphatic heterocycles. The van der Waals surface area contributed by atoms with Gasteiger partial charge >= 0.3 is 0 Å². The van der Waals surface area contributed by atoms with Crippen LogP contribution in [0.2, 0.25) is 0 Å². The molecule has 0 aliphatic carbocycles. The van der Waals surface area contributed by atoms with Crippen LogP contribution in [-0.4, -0.2) is 26.5 Å². The maximum atomic E-state index is 11.9. The number of pyridine rings is 1. The summed E-state index contributed by atoms with van der Waals surface area (Å²) in [5.74, 6) is 0.847. The summed E-state index contributed by atoms with van der Waals surface area (Å²) in [6, 6.07) is 3.02. The van der Waals surface area contributed by atoms with E-state index in [0.717, 1.165) is 0 Å². The van der Waals surface area contributed by atoms with Gasteiger partial charge in [-0.1, -0.05) is 13.8 Å². The third-order valence-corrected chi connectivity index (χ3v) is 3.50. The molecule has 6 heteroatoms. The van der Waals surface area contributed by atoms with Gasteiger partial charge in [-0.05, 0) is 18.9 Å². The Morgan fingerprint density at radius 2 is 2.12 bits per heavy atom. The van der Waals surface area contributed by atoms with E-state index in [1.165, 1.54) is 18.3 Å². The normalized spacial score (nSPS) is 11.8. The van der Waals surface area contributed by atoms with Crippen molar-refractivity contribution in [3.05, 3.63) is 18.3 Å². The SMILES string of the molecule is CCNc1cc(S(=O)(=O)NCC(C)C)ccn1. The van der Waals surface area contributed by atoms with E-state index in [1.807, 2.05) is 20.8 Å². The molecule has 1 aromatic rings. The van der Waals surface area contributed by atoms with Crippen LogP contribution in [0.25, 0.3) is 0 Å². The minimum absolute atomic E-state index is 0.240. The van der Waals surface area contributed by atoms with E-state index in [2.05, 4.69) is 15.0 Å². The lowest BCUT2D eigenvalue weighted by Gasteiger charge is -2.09. The van der Waals surface area contributed by atoms with Crippen LogP contribution in [0, 0.1) is 5.92 Å². The summed E-state index contributed by atoms with van der Waals surface area (Å²) < 4.78 is 26.4. The van der Waals surface area contributed by atoms with Crippen LogP contribution in [-0.2, 0) is 10.0 Å². The third-order valence-electron chi connectivity index (χ3n) is 2.08. The van der Waals surface area contributed by atoms with Crippen molar-refractivity contribution >= 4 is 15.8 Å². The maximum absolute atomic E-state index is 11.9. The molecule has 96 valence electrons. The number of sulfonamides is 1. The minimum atomic E-state index is -3.43. The standard InChI is InChI=1S/C11H19N3O2S/c1-4-12-11-7-10(5-6-13-11)17(15,16)14-8-9(2)3/h5-7,9,14H,4,8H2,1-3H3,(H,12,13). The van der Waals surface area contributed by atoms with Gasteiger partial charge in [0.2, 0.25) is 10.0 Å². The first-order valence-electron chi connectivity index (χ1n) is 5.65. The molecule has 1 rings (SSSR count). The molecule has 0 saturated carbocycles. The fraction of sp³-hybridized carbons (Fsp3) is 0.545. The van der Waals surface area contributed by atoms with Gasteiger partial charge in [0.25, 0.3) is 0 Å². The lowest BCUT2D eigenvalue weighted by molar-refractivity contribution is 0.560. The van der Waals surface area contributed by atoms with Crippen LogP contribution in [0.15, 0.2) is 23.2 Å². The second-order valence-corrected chi connectivity index (χ2v) is 5.92. The van der Waals surface area contributed by atoms with Crippen molar-refractivity contribution in [1.82, 2.24) is 9.71 Å². The summed E-state index contributed by atoms with van der Waals surface area (Å²) in [7, 11) is -3.43. The van der Waals surface area contributed by atoms with E-state index in [9.17, 15) is 8.42 Å². The Morgan fingerprint density at radius 1 is 1.41 bits per heavy atom. The molecule has 0 atom stereocenters. The summed E-state index contributed by atoms with van der Waals surface area (Å²) >= 11 is 0. The van der Waals surface area contributed by atoms with E-state index >= 15 is 0 Å². The average molecular weight is 257 g/mol. The Hall–Kier alpha value is -1.14. The Balaban J connectivity index is 2.87. The Labute approximate surface area is 103 Å². The third kappa shape index (κ3) is 4.32. The topological polar surface area (TPSA) is 71.1 Å². The van der Waals surface area contributed by atoms with Gasteiger partial charge in [-0.2, -0.15) is 0 Å². The molecule has 0 fully saturated rings. The molecule has 1 heterocycles. The molecule has 1 aromatic heterocycles. The van der Waals surface area contributed by atoms with Gasteiger partial charge in [-0.15, -0.1) is 0 Å². The summed E-state index contributed by atoms with van der Waals surface area (Å²) in [6.45, 7) is 6.98. The summed E-state index contributed by atoms with van der Waals surface area (Å²) in [4.78, 5) is 4.27. The van der Waals surface area contributed by atoms with Crippen LogP contribution >= 0.6 is 0 Å². The summed E-state index contributed by atoms with van der Waals surface area (Å²) in [5, 5.41) is 2.98. The van der Waals surface area contributed by atoms with Gasteiger partial charge < -0.3 is 5.32 Å². The van der Waals surface area contributed by atoms with Gasteiger partial charge in [0.05, 0.1) is 4.90 Å². The monoisotopic (exact) mass is 257 g/mol. The maximum Gasteiger partial charge on any atom is 0.240 e. The van der Waals surface area contributed by atoms with Crippen molar-refractivity contribution in [3.8, 4) is 0 Å². The second kappa shape index (κ2) is 5.97. The molecule has 0 aromatic carbocycles. The Morgan fingerprint density at radius 3 is 2.71 bits per heavy atom. The van der Waals surface area contributed by atoms with Crippen molar-refractivity contribution in [2.45, 2.75) is 25.7 Å². The molecule has 0 bridgehead atoms. The number of hydrogen-bond donors (Lipinski definition) is 2. The zero-order valence-electron chi connectivity index (χ0n) is 10.4. The number of rotatable bonds is 6. The zero-order valence-corrected chi connectivity index (χ0v) is 11.2. The lowest BCUT2D eigenvalue weighted by Crippen LogP contribution is -2.27. The quantitative estimate of drug-likeness (QED) is 0.809. The average Bonchev–Trinajstić information content (AvgIpc) is 2.27. The minimum Gasteiger partial charge on any atom is -0.370 e. The number of anilines is 1. The molecular formula is C11H19N3O2S. The van der Waals surface area contributed by atoms with Crippen molar-refractivity contribution in [1.29, 1.82) is 0 Å². The number of hydrogen-bond acceptors (Lipinski definition) is 4. The molecular weight excluding hydrogens is 238 g/mol. The molecule has 0 saturated heterocycles. The summed E-state index contributed by atoms with van der Waals surface area (Å²) in [6.07, 6.45) is 1.49. The number of aromatic nitrogens is 1. The Kier molecular flexibility index (Phi) is 4.89. The largest absolute Gasteiger partial charge is 0.370 e. The van der Waals surface area contributed by atoms with Crippen LogP contribution in [0.5, 0.6) is 0 Å². The first-order valence-corrected chi connectivity index (χ1v) is 7.13. The van der Waals surface area contributed by atoms with Crippen LogP contribution in [0.1, 0.15) is 20.8 Å². The van der Waals surface area contributed by atoms with E-state index in [4.69, 9.17) is 0 Å². The highest BCUT2D eigenvalue weighted by Crippen LogP contribution is 2.12. The highest BCUT2D eigenvalue weighted by molar-refractivity contribution is 7.89. The van der Waals surface area contributed by atoms with Crippen LogP contribution in [0.4, 0.5) is 5.82 Å². The van der Waals surface area contributed by atoms with E-state index in [0.29, 0.717) is 18.9 Å². The van der Waals surface area contributed by atoms with Gasteiger partial charge in [-0.25, -0.2) is 18.1 Å². The molecule has 0 radical (unpaired) electrons. The molecule has 5 nitrogen and oxygen atoms in total. The zero-order chi connectivity index (χ0) is 12.9. The highest BCUT2D eigenvalue weighted by Gasteiger charge is 2.14. The number of nitrogens with one attached hydrogen (secondary N) is 2. The predicted molar refractivity (Wildman–Crippen MR) is 68.4 cm³/mol. The highest BCUT2D eigenvalue weighted by atomic mass is 32.2. The van der Waals surface area contributed by atoms with Crippen LogP contribution < -0.4 is 10.0 Å². The first kappa shape index (κ1) is 13.9. The van der Waals surface area contributed by atoms with Crippen molar-refractivity contribution in [2.75, 3.05) is 18.4 Å². The molecule has 2 N–H and O–H groups in total. The van der Waals surface area contributed by atoms with Crippen molar-refractivity contribution < 1.29 is 8.42 Å². The predicted octanol–water partition coefficient (Wildman–Crippen LogP) is 1.45. The fourth-order valence-corrected chi connectivity index (χ4v) is 2.44. The number of nitrogens with zero attached hydrogens (tertiary/aromatic N) is 1. The molecule has 17 heavy (non-hydrogen) atoms. The Bertz CT molecular complexity index is 458. The fourth-order valence-electron chi connectivity index (χ4n) is 1.22. The molecule has 0 amide bonds. The van der Waals surface area contributed by atoms with Gasteiger partial charge in [0.15, 0.2) is 0 Å². The van der Waals surface area contributed by atoms with Crippen LogP contribution in [0.3, 0.4) is 0 Å². The van der Waals surface area contributed by atoms with Gasteiger partial charge in [0.1, 0.15) is 5.82 Å². The molecule has 0 spiro atoms. The molecule has 0 aliphatic rings. The first-order chi connectivity index (χ1) is 7.95.